The topological polar surface area (TPSA) is 95.6 Å². The van der Waals surface area contributed by atoms with Gasteiger partial charge in [-0.05, 0) is 24.6 Å². The van der Waals surface area contributed by atoms with E-state index < -0.39 is 23.1 Å². The minimum atomic E-state index is -4.87. The van der Waals surface area contributed by atoms with E-state index in [2.05, 4.69) is 31.0 Å². The van der Waals surface area contributed by atoms with E-state index in [0.29, 0.717) is 5.69 Å². The molecule has 0 aliphatic rings. The summed E-state index contributed by atoms with van der Waals surface area (Å²) in [6.45, 7) is 1.96. The van der Waals surface area contributed by atoms with Crippen molar-refractivity contribution < 1.29 is 13.2 Å². The molecule has 0 unspecified atom stereocenters. The van der Waals surface area contributed by atoms with Crippen LogP contribution in [-0.4, -0.2) is 20.2 Å². The molecule has 152 valence electrons. The van der Waals surface area contributed by atoms with Crippen molar-refractivity contribution in [2.75, 3.05) is 10.9 Å². The molecule has 7 nitrogen and oxygen atoms in total. The molecule has 0 fully saturated rings. The van der Waals surface area contributed by atoms with Crippen molar-refractivity contribution in [3.63, 3.8) is 0 Å². The van der Waals surface area contributed by atoms with E-state index >= 15 is 0 Å². The normalized spacial score (nSPS) is 11.5. The van der Waals surface area contributed by atoms with Crippen LogP contribution in [0.2, 0.25) is 0 Å². The van der Waals surface area contributed by atoms with Crippen molar-refractivity contribution in [2.24, 2.45) is 0 Å². The second-order valence-electron chi connectivity index (χ2n) is 6.52. The first-order valence-corrected chi connectivity index (χ1v) is 8.84. The highest BCUT2D eigenvalue weighted by molar-refractivity contribution is 5.74. The average Bonchev–Trinajstić information content (AvgIpc) is 3.11. The summed E-state index contributed by atoms with van der Waals surface area (Å²) in [6, 6.07) is 15.1. The number of aromatic amines is 1. The minimum absolute atomic E-state index is 0.0450. The van der Waals surface area contributed by atoms with Crippen LogP contribution in [0.3, 0.4) is 0 Å². The molecular formula is C20H15F3N6O. The van der Waals surface area contributed by atoms with E-state index in [9.17, 15) is 18.0 Å². The zero-order chi connectivity index (χ0) is 21.3. The lowest BCUT2D eigenvalue weighted by Crippen LogP contribution is -2.22. The van der Waals surface area contributed by atoms with Gasteiger partial charge in [-0.1, -0.05) is 42.0 Å². The molecule has 0 saturated heterocycles. The highest BCUT2D eigenvalue weighted by Crippen LogP contribution is 2.32. The molecule has 0 saturated carbocycles. The van der Waals surface area contributed by atoms with Crippen LogP contribution in [0.25, 0.3) is 22.3 Å². The molecule has 2 aromatic heterocycles. The third-order valence-electron chi connectivity index (χ3n) is 4.31. The van der Waals surface area contributed by atoms with Gasteiger partial charge in [0.15, 0.2) is 17.2 Å². The zero-order valence-electron chi connectivity index (χ0n) is 15.6. The number of rotatable bonds is 4. The van der Waals surface area contributed by atoms with Gasteiger partial charge in [-0.25, -0.2) is 9.97 Å². The molecule has 0 atom stereocenters. The van der Waals surface area contributed by atoms with E-state index in [-0.39, 0.29) is 16.9 Å². The highest BCUT2D eigenvalue weighted by atomic mass is 19.4. The van der Waals surface area contributed by atoms with Gasteiger partial charge in [0.05, 0.1) is 16.7 Å². The number of aryl methyl sites for hydroxylation is 1. The number of benzene rings is 2. The first-order valence-electron chi connectivity index (χ1n) is 8.84. The van der Waals surface area contributed by atoms with Crippen LogP contribution in [0, 0.1) is 6.92 Å². The van der Waals surface area contributed by atoms with Crippen molar-refractivity contribution in [2.45, 2.75) is 13.1 Å². The Hall–Kier alpha value is -3.95. The van der Waals surface area contributed by atoms with Crippen molar-refractivity contribution >= 4 is 22.5 Å². The lowest BCUT2D eigenvalue weighted by molar-refractivity contribution is -0.140. The summed E-state index contributed by atoms with van der Waals surface area (Å²) >= 11 is 0. The van der Waals surface area contributed by atoms with Gasteiger partial charge in [0.1, 0.15) is 0 Å². The van der Waals surface area contributed by atoms with Gasteiger partial charge < -0.3 is 0 Å². The Kier molecular flexibility index (Phi) is 4.82. The molecule has 2 heterocycles. The number of alkyl halides is 3. The number of hydrogen-bond donors (Lipinski definition) is 3. The highest BCUT2D eigenvalue weighted by Gasteiger charge is 2.37. The Labute approximate surface area is 168 Å². The van der Waals surface area contributed by atoms with Crippen LogP contribution < -0.4 is 16.4 Å². The van der Waals surface area contributed by atoms with E-state index in [0.717, 1.165) is 11.1 Å². The first-order chi connectivity index (χ1) is 14.3. The van der Waals surface area contributed by atoms with E-state index in [4.69, 9.17) is 0 Å². The molecule has 0 aliphatic carbocycles. The van der Waals surface area contributed by atoms with Crippen LogP contribution in [0.15, 0.2) is 59.4 Å². The Morgan fingerprint density at radius 3 is 2.27 bits per heavy atom. The van der Waals surface area contributed by atoms with Gasteiger partial charge in [-0.3, -0.25) is 20.7 Å². The summed E-state index contributed by atoms with van der Waals surface area (Å²) in [5.74, 6) is 0.189. The van der Waals surface area contributed by atoms with Gasteiger partial charge in [0, 0.05) is 6.07 Å². The second kappa shape index (κ2) is 7.47. The number of fused-ring (bicyclic) bond motifs is 1. The number of nitrogens with one attached hydrogen (secondary N) is 3. The van der Waals surface area contributed by atoms with E-state index in [1.807, 2.05) is 31.2 Å². The summed E-state index contributed by atoms with van der Waals surface area (Å²) < 4.78 is 40.8. The number of H-pyrrole nitrogens is 1. The maximum atomic E-state index is 13.6. The van der Waals surface area contributed by atoms with Crippen LogP contribution in [0.5, 0.6) is 0 Å². The van der Waals surface area contributed by atoms with Gasteiger partial charge in [0.25, 0.3) is 5.56 Å². The fourth-order valence-electron chi connectivity index (χ4n) is 2.81. The summed E-state index contributed by atoms with van der Waals surface area (Å²) in [6.07, 6.45) is -4.87. The number of nitrogens with zero attached hydrogens (tertiary/aromatic N) is 3. The van der Waals surface area contributed by atoms with Crippen molar-refractivity contribution in [1.82, 2.24) is 20.2 Å². The quantitative estimate of drug-likeness (QED) is 0.436. The van der Waals surface area contributed by atoms with Gasteiger partial charge >= 0.3 is 6.18 Å². The average molecular weight is 412 g/mol. The fourth-order valence-corrected chi connectivity index (χ4v) is 2.81. The number of hydrazine groups is 1. The first kappa shape index (κ1) is 19.4. The molecule has 0 amide bonds. The fraction of sp³-hybridized carbons (Fsp3) is 0.100. The summed E-state index contributed by atoms with van der Waals surface area (Å²) in [5.41, 5.74) is 4.10. The molecule has 3 N–H and O–H groups in total. The smallest absolute Gasteiger partial charge is 0.292 e. The molecule has 0 bridgehead atoms. The predicted molar refractivity (Wildman–Crippen MR) is 107 cm³/mol. The molecule has 4 rings (SSSR count). The SMILES string of the molecule is Cc1ccc(-c2cc(NNc3c(C(F)(F)F)nc4ccccc4nc3=O)n[nH]2)cc1. The van der Waals surface area contributed by atoms with Crippen molar-refractivity contribution in [3.05, 3.63) is 76.2 Å². The van der Waals surface area contributed by atoms with Crippen LogP contribution in [-0.2, 0) is 6.18 Å². The molecular weight excluding hydrogens is 397 g/mol. The lowest BCUT2D eigenvalue weighted by atomic mass is 10.1. The standard InChI is InChI=1S/C20H15F3N6O/c1-11-6-8-12(9-7-11)15-10-16(27-26-15)28-29-17-18(20(21,22)23)24-13-4-2-3-5-14(13)25-19(17)30/h2-10H,1H3,(H,25,29,30)(H2,26,27,28). The van der Waals surface area contributed by atoms with Gasteiger partial charge in [-0.15, -0.1) is 0 Å². The maximum Gasteiger partial charge on any atom is 0.435 e. The van der Waals surface area contributed by atoms with Crippen LogP contribution in [0.1, 0.15) is 11.3 Å². The number of para-hydroxylation sites is 2. The molecule has 2 aromatic carbocycles. The maximum absolute atomic E-state index is 13.6. The zero-order valence-corrected chi connectivity index (χ0v) is 15.6. The third-order valence-corrected chi connectivity index (χ3v) is 4.31. The Bertz CT molecular complexity index is 1270. The number of aromatic nitrogens is 4. The Balaban J connectivity index is 1.68. The molecule has 4 aromatic rings. The summed E-state index contributed by atoms with van der Waals surface area (Å²) in [7, 11) is 0. The molecule has 30 heavy (non-hydrogen) atoms. The largest absolute Gasteiger partial charge is 0.435 e. The predicted octanol–water partition coefficient (Wildman–Crippen LogP) is 4.15. The minimum Gasteiger partial charge on any atom is -0.292 e. The molecule has 0 radical (unpaired) electrons. The summed E-state index contributed by atoms with van der Waals surface area (Å²) in [5, 5.41) is 6.79. The number of anilines is 2. The molecule has 0 spiro atoms. The number of hydrogen-bond acceptors (Lipinski definition) is 6. The Morgan fingerprint density at radius 1 is 0.933 bits per heavy atom. The van der Waals surface area contributed by atoms with E-state index in [1.165, 1.54) is 18.2 Å². The summed E-state index contributed by atoms with van der Waals surface area (Å²) in [4.78, 5) is 19.8. The van der Waals surface area contributed by atoms with Crippen LogP contribution in [0.4, 0.5) is 24.7 Å². The van der Waals surface area contributed by atoms with Gasteiger partial charge in [-0.2, -0.15) is 18.3 Å². The molecule has 0 aliphatic heterocycles. The molecule has 10 heteroatoms. The van der Waals surface area contributed by atoms with Crippen molar-refractivity contribution in [1.29, 1.82) is 0 Å². The van der Waals surface area contributed by atoms with Crippen molar-refractivity contribution in [3.8, 4) is 11.3 Å². The lowest BCUT2D eigenvalue weighted by Gasteiger charge is -2.10. The van der Waals surface area contributed by atoms with Gasteiger partial charge in [0.2, 0.25) is 0 Å². The van der Waals surface area contributed by atoms with E-state index in [1.54, 1.807) is 12.1 Å². The monoisotopic (exact) mass is 412 g/mol. The van der Waals surface area contributed by atoms with Crippen LogP contribution >= 0.6 is 0 Å². The number of halogens is 3. The third kappa shape index (κ3) is 3.93. The second-order valence-corrected chi connectivity index (χ2v) is 6.52. The Morgan fingerprint density at radius 2 is 1.60 bits per heavy atom.